The van der Waals surface area contributed by atoms with Gasteiger partial charge >= 0.3 is 6.18 Å². The predicted molar refractivity (Wildman–Crippen MR) is 139 cm³/mol. The van der Waals surface area contributed by atoms with Gasteiger partial charge in [-0.2, -0.15) is 18.3 Å². The van der Waals surface area contributed by atoms with E-state index in [9.17, 15) is 23.1 Å². The molecule has 2 N–H and O–H groups in total. The number of fused-ring (bicyclic) bond motifs is 1. The quantitative estimate of drug-likeness (QED) is 0.376. The van der Waals surface area contributed by atoms with Crippen LogP contribution in [0.1, 0.15) is 101 Å². The standard InChI is InChI=1S/C24H26F3N3O2.2C2H6/c1-23(2,32)19-13-20-16(14-30(29-20)18-9-4-3-5-10-18)12-21(19)28-22(31)15-7-6-8-17(11-15)24(25,26)27;2*1-2/h6-8,11-14,18,32H,3-5,9-10H2,1-2H3,(H,28,31);2*1-2H3. The van der Waals surface area contributed by atoms with Crippen molar-refractivity contribution in [2.24, 2.45) is 0 Å². The number of hydrogen-bond donors (Lipinski definition) is 2. The first kappa shape index (κ1) is 29.4. The van der Waals surface area contributed by atoms with Crippen molar-refractivity contribution in [2.75, 3.05) is 5.32 Å². The van der Waals surface area contributed by atoms with E-state index in [4.69, 9.17) is 5.10 Å². The topological polar surface area (TPSA) is 67.2 Å². The van der Waals surface area contributed by atoms with Gasteiger partial charge in [-0.1, -0.05) is 53.0 Å². The molecule has 5 nitrogen and oxygen atoms in total. The van der Waals surface area contributed by atoms with Crippen LogP contribution in [0.15, 0.2) is 42.6 Å². The SMILES string of the molecule is CC.CC.CC(C)(O)c1cc2nn(C3CCCCC3)cc2cc1NC(=O)c1cccc(C(F)(F)F)c1. The number of hydrogen-bond acceptors (Lipinski definition) is 3. The average molecular weight is 506 g/mol. The molecule has 2 aromatic carbocycles. The molecule has 198 valence electrons. The van der Waals surface area contributed by atoms with Gasteiger partial charge in [-0.25, -0.2) is 0 Å². The lowest BCUT2D eigenvalue weighted by molar-refractivity contribution is -0.137. The van der Waals surface area contributed by atoms with E-state index in [-0.39, 0.29) is 5.56 Å². The fourth-order valence-corrected chi connectivity index (χ4v) is 4.26. The zero-order chi connectivity index (χ0) is 27.1. The first-order valence-corrected chi connectivity index (χ1v) is 12.8. The number of nitrogens with one attached hydrogen (secondary N) is 1. The molecular weight excluding hydrogens is 467 g/mol. The van der Waals surface area contributed by atoms with E-state index >= 15 is 0 Å². The molecule has 0 bridgehead atoms. The second-order valence-electron chi connectivity index (χ2n) is 8.95. The molecule has 4 rings (SSSR count). The maximum absolute atomic E-state index is 13.0. The smallest absolute Gasteiger partial charge is 0.386 e. The van der Waals surface area contributed by atoms with Gasteiger partial charge in [0.2, 0.25) is 0 Å². The number of nitrogens with zero attached hydrogens (tertiary/aromatic N) is 2. The summed E-state index contributed by atoms with van der Waals surface area (Å²) >= 11 is 0. The van der Waals surface area contributed by atoms with E-state index in [2.05, 4.69) is 5.32 Å². The second-order valence-corrected chi connectivity index (χ2v) is 8.95. The fourth-order valence-electron chi connectivity index (χ4n) is 4.26. The number of carbonyl (C=O) groups is 1. The Morgan fingerprint density at radius 3 is 2.25 bits per heavy atom. The van der Waals surface area contributed by atoms with Crippen LogP contribution in [-0.4, -0.2) is 20.8 Å². The van der Waals surface area contributed by atoms with Gasteiger partial charge in [0.1, 0.15) is 0 Å². The third-order valence-electron chi connectivity index (χ3n) is 5.97. The monoisotopic (exact) mass is 505 g/mol. The summed E-state index contributed by atoms with van der Waals surface area (Å²) < 4.78 is 41.1. The van der Waals surface area contributed by atoms with Crippen molar-refractivity contribution < 1.29 is 23.1 Å². The van der Waals surface area contributed by atoms with E-state index in [0.29, 0.717) is 22.8 Å². The van der Waals surface area contributed by atoms with E-state index in [1.807, 2.05) is 38.6 Å². The molecule has 0 atom stereocenters. The Hall–Kier alpha value is -2.87. The summed E-state index contributed by atoms with van der Waals surface area (Å²) in [7, 11) is 0. The number of anilines is 1. The first-order valence-electron chi connectivity index (χ1n) is 12.8. The summed E-state index contributed by atoms with van der Waals surface area (Å²) in [5.74, 6) is -0.680. The molecule has 1 fully saturated rings. The molecule has 0 saturated heterocycles. The van der Waals surface area contributed by atoms with E-state index in [1.165, 1.54) is 18.6 Å². The van der Waals surface area contributed by atoms with Gasteiger partial charge in [-0.05, 0) is 57.0 Å². The lowest BCUT2D eigenvalue weighted by atomic mass is 9.95. The summed E-state index contributed by atoms with van der Waals surface area (Å²) in [5, 5.41) is 18.9. The maximum atomic E-state index is 13.0. The molecule has 0 aliphatic heterocycles. The molecule has 0 unspecified atom stereocenters. The van der Waals surface area contributed by atoms with Crippen LogP contribution in [-0.2, 0) is 11.8 Å². The third kappa shape index (κ3) is 7.09. The van der Waals surface area contributed by atoms with Crippen molar-refractivity contribution in [2.45, 2.75) is 91.5 Å². The largest absolute Gasteiger partial charge is 0.416 e. The number of halogens is 3. The Bertz CT molecular complexity index is 1140. The molecule has 1 aliphatic carbocycles. The number of carbonyl (C=O) groups excluding carboxylic acids is 1. The first-order chi connectivity index (χ1) is 17.0. The van der Waals surface area contributed by atoms with Gasteiger partial charge < -0.3 is 10.4 Å². The molecule has 36 heavy (non-hydrogen) atoms. The number of aliphatic hydroxyl groups is 1. The van der Waals surface area contributed by atoms with Crippen LogP contribution in [0.25, 0.3) is 10.9 Å². The fraction of sp³-hybridized carbons (Fsp3) is 0.500. The third-order valence-corrected chi connectivity index (χ3v) is 5.97. The van der Waals surface area contributed by atoms with E-state index in [0.717, 1.165) is 43.2 Å². The summed E-state index contributed by atoms with van der Waals surface area (Å²) in [6.45, 7) is 11.2. The molecule has 8 heteroatoms. The average Bonchev–Trinajstić information content (AvgIpc) is 3.29. The van der Waals surface area contributed by atoms with Crippen molar-refractivity contribution in [1.82, 2.24) is 9.78 Å². The zero-order valence-electron chi connectivity index (χ0n) is 22.0. The number of rotatable bonds is 4. The Labute approximate surface area is 211 Å². The van der Waals surface area contributed by atoms with Gasteiger partial charge in [0.05, 0.1) is 22.7 Å². The van der Waals surface area contributed by atoms with Gasteiger partial charge in [0.25, 0.3) is 5.91 Å². The van der Waals surface area contributed by atoms with Crippen molar-refractivity contribution >= 4 is 22.5 Å². The van der Waals surface area contributed by atoms with E-state index in [1.54, 1.807) is 26.0 Å². The predicted octanol–water partition coefficient (Wildman–Crippen LogP) is 8.09. The summed E-state index contributed by atoms with van der Waals surface area (Å²) in [4.78, 5) is 12.8. The Morgan fingerprint density at radius 2 is 1.67 bits per heavy atom. The second kappa shape index (κ2) is 12.4. The normalized spacial score (nSPS) is 14.4. The van der Waals surface area contributed by atoms with Crippen molar-refractivity contribution in [1.29, 1.82) is 0 Å². The van der Waals surface area contributed by atoms with Gasteiger partial charge in [0, 0.05) is 28.4 Å². The number of aromatic nitrogens is 2. The highest BCUT2D eigenvalue weighted by molar-refractivity contribution is 6.05. The summed E-state index contributed by atoms with van der Waals surface area (Å²) in [5.41, 5.74) is -0.810. The molecule has 3 aromatic rings. The van der Waals surface area contributed by atoms with Crippen LogP contribution in [0.2, 0.25) is 0 Å². The molecule has 1 aliphatic rings. The van der Waals surface area contributed by atoms with Crippen LogP contribution in [0.3, 0.4) is 0 Å². The molecule has 1 saturated carbocycles. The van der Waals surface area contributed by atoms with Crippen molar-refractivity contribution in [3.63, 3.8) is 0 Å². The highest BCUT2D eigenvalue weighted by atomic mass is 19.4. The minimum Gasteiger partial charge on any atom is -0.386 e. The maximum Gasteiger partial charge on any atom is 0.416 e. The van der Waals surface area contributed by atoms with Gasteiger partial charge in [-0.15, -0.1) is 0 Å². The summed E-state index contributed by atoms with van der Waals surface area (Å²) in [6, 6.07) is 8.05. The minimum atomic E-state index is -4.54. The van der Waals surface area contributed by atoms with Crippen molar-refractivity contribution in [3.8, 4) is 0 Å². The Balaban J connectivity index is 0.00000109. The highest BCUT2D eigenvalue weighted by Gasteiger charge is 2.31. The van der Waals surface area contributed by atoms with Crippen LogP contribution < -0.4 is 5.32 Å². The Morgan fingerprint density at radius 1 is 1.03 bits per heavy atom. The lowest BCUT2D eigenvalue weighted by Gasteiger charge is -2.22. The van der Waals surface area contributed by atoms with Gasteiger partial charge in [0.15, 0.2) is 0 Å². The molecule has 0 radical (unpaired) electrons. The zero-order valence-corrected chi connectivity index (χ0v) is 22.0. The molecule has 1 heterocycles. The van der Waals surface area contributed by atoms with E-state index < -0.39 is 23.2 Å². The van der Waals surface area contributed by atoms with Gasteiger partial charge in [-0.3, -0.25) is 9.48 Å². The highest BCUT2D eigenvalue weighted by Crippen LogP contribution is 2.35. The number of alkyl halides is 3. The number of amides is 1. The van der Waals surface area contributed by atoms with Crippen LogP contribution in [0.4, 0.5) is 18.9 Å². The Kier molecular flexibility index (Phi) is 10.1. The van der Waals surface area contributed by atoms with Crippen LogP contribution >= 0.6 is 0 Å². The van der Waals surface area contributed by atoms with Crippen LogP contribution in [0.5, 0.6) is 0 Å². The molecule has 0 spiro atoms. The lowest BCUT2D eigenvalue weighted by Crippen LogP contribution is -2.21. The molecule has 1 amide bonds. The van der Waals surface area contributed by atoms with Crippen molar-refractivity contribution in [3.05, 3.63) is 59.3 Å². The number of benzene rings is 2. The molecular formula is C28H38F3N3O2. The molecule has 1 aromatic heterocycles. The summed E-state index contributed by atoms with van der Waals surface area (Å²) in [6.07, 6.45) is 3.06. The minimum absolute atomic E-state index is 0.112. The van der Waals surface area contributed by atoms with Crippen LogP contribution in [0, 0.1) is 0 Å².